The molecule has 2 heterocycles. The van der Waals surface area contributed by atoms with E-state index < -0.39 is 24.0 Å². The van der Waals surface area contributed by atoms with Crippen LogP contribution in [0.2, 0.25) is 0 Å². The maximum Gasteiger partial charge on any atom is 0.321 e. The lowest BCUT2D eigenvalue weighted by Gasteiger charge is -2.37. The summed E-state index contributed by atoms with van der Waals surface area (Å²) in [5, 5.41) is 12.4. The van der Waals surface area contributed by atoms with Gasteiger partial charge in [0.25, 0.3) is 5.91 Å². The van der Waals surface area contributed by atoms with E-state index in [2.05, 4.69) is 22.1 Å². The van der Waals surface area contributed by atoms with Gasteiger partial charge in [-0.15, -0.1) is 0 Å². The van der Waals surface area contributed by atoms with Gasteiger partial charge in [-0.25, -0.2) is 14.2 Å². The van der Waals surface area contributed by atoms with E-state index in [-0.39, 0.29) is 42.1 Å². The largest absolute Gasteiger partial charge is 0.472 e. The summed E-state index contributed by atoms with van der Waals surface area (Å²) in [4.78, 5) is 33.6. The van der Waals surface area contributed by atoms with Gasteiger partial charge in [0.05, 0.1) is 24.9 Å². The van der Waals surface area contributed by atoms with Crippen LogP contribution in [-0.2, 0) is 0 Å². The highest BCUT2D eigenvalue weighted by Crippen LogP contribution is 2.27. The molecule has 0 spiro atoms. The lowest BCUT2D eigenvalue weighted by Crippen LogP contribution is -2.50. The maximum atomic E-state index is 14.0. The zero-order valence-electron chi connectivity index (χ0n) is 21.1. The Balaban J connectivity index is 1.88. The monoisotopic (exact) mass is 496 g/mol. The van der Waals surface area contributed by atoms with Crippen LogP contribution in [0.3, 0.4) is 0 Å². The Labute approximate surface area is 211 Å². The van der Waals surface area contributed by atoms with Gasteiger partial charge in [-0.05, 0) is 31.5 Å². The molecule has 2 aromatic rings. The van der Waals surface area contributed by atoms with Crippen molar-refractivity contribution in [1.29, 1.82) is 0 Å². The van der Waals surface area contributed by atoms with Crippen LogP contribution in [0.5, 0.6) is 5.88 Å². The molecule has 0 aliphatic carbocycles. The summed E-state index contributed by atoms with van der Waals surface area (Å²) in [6.07, 6.45) is 2.70. The molecule has 3 amide bonds. The van der Waals surface area contributed by atoms with Crippen molar-refractivity contribution in [2.24, 2.45) is 5.92 Å². The SMILES string of the molecule is CCCC#Cc1cnc2c(c1)C(=O)N([C@H](C)CO)C[C@@H](C)[C@@H](CN(C)C(=O)Nc1ccccc1F)O2. The van der Waals surface area contributed by atoms with Crippen LogP contribution in [-0.4, -0.2) is 70.7 Å². The van der Waals surface area contributed by atoms with Crippen LogP contribution in [0.25, 0.3) is 0 Å². The zero-order valence-corrected chi connectivity index (χ0v) is 21.1. The van der Waals surface area contributed by atoms with Crippen LogP contribution in [0, 0.1) is 23.6 Å². The van der Waals surface area contributed by atoms with Crippen LogP contribution in [0.1, 0.15) is 49.5 Å². The Kier molecular flexibility index (Phi) is 9.25. The summed E-state index contributed by atoms with van der Waals surface area (Å²) in [7, 11) is 1.59. The minimum absolute atomic E-state index is 0.0817. The van der Waals surface area contributed by atoms with Gasteiger partial charge in [-0.2, -0.15) is 0 Å². The van der Waals surface area contributed by atoms with E-state index >= 15 is 0 Å². The minimum atomic E-state index is -0.530. The van der Waals surface area contributed by atoms with Crippen molar-refractivity contribution in [3.63, 3.8) is 0 Å². The Morgan fingerprint density at radius 2 is 2.17 bits per heavy atom. The summed E-state index contributed by atoms with van der Waals surface area (Å²) in [5.41, 5.74) is 0.939. The molecule has 0 radical (unpaired) electrons. The molecule has 2 N–H and O–H groups in total. The van der Waals surface area contributed by atoms with Crippen molar-refractivity contribution in [2.45, 2.75) is 45.8 Å². The van der Waals surface area contributed by atoms with E-state index in [9.17, 15) is 19.1 Å². The fourth-order valence-corrected chi connectivity index (χ4v) is 3.80. The molecule has 3 atom stereocenters. The molecular weight excluding hydrogens is 463 g/mol. The number of hydrogen-bond donors (Lipinski definition) is 2. The molecule has 0 saturated heterocycles. The van der Waals surface area contributed by atoms with Gasteiger partial charge in [0.15, 0.2) is 0 Å². The van der Waals surface area contributed by atoms with Crippen LogP contribution in [0.4, 0.5) is 14.9 Å². The molecule has 1 aliphatic rings. The molecule has 1 aromatic carbocycles. The lowest BCUT2D eigenvalue weighted by molar-refractivity contribution is 0.0356. The Hall–Kier alpha value is -3.64. The number of fused-ring (bicyclic) bond motifs is 1. The molecule has 0 bridgehead atoms. The number of nitrogens with one attached hydrogen (secondary N) is 1. The first kappa shape index (κ1) is 27.0. The van der Waals surface area contributed by atoms with Crippen LogP contribution < -0.4 is 10.1 Å². The van der Waals surface area contributed by atoms with Crippen LogP contribution in [0.15, 0.2) is 36.5 Å². The predicted molar refractivity (Wildman–Crippen MR) is 135 cm³/mol. The second-order valence-corrected chi connectivity index (χ2v) is 9.04. The quantitative estimate of drug-likeness (QED) is 0.594. The van der Waals surface area contributed by atoms with Gasteiger partial charge < -0.3 is 25.0 Å². The highest BCUT2D eigenvalue weighted by atomic mass is 19.1. The van der Waals surface area contributed by atoms with E-state index in [0.717, 1.165) is 12.8 Å². The van der Waals surface area contributed by atoms with Crippen molar-refractivity contribution < 1.29 is 23.8 Å². The highest BCUT2D eigenvalue weighted by Gasteiger charge is 2.34. The number of urea groups is 1. The molecule has 0 fully saturated rings. The second-order valence-electron chi connectivity index (χ2n) is 9.04. The average molecular weight is 497 g/mol. The van der Waals surface area contributed by atoms with Gasteiger partial charge in [0, 0.05) is 37.7 Å². The summed E-state index contributed by atoms with van der Waals surface area (Å²) in [6, 6.07) is 6.67. The number of pyridine rings is 1. The molecule has 9 heteroatoms. The smallest absolute Gasteiger partial charge is 0.321 e. The first-order valence-electron chi connectivity index (χ1n) is 12.1. The number of benzene rings is 1. The summed E-state index contributed by atoms with van der Waals surface area (Å²) in [5.74, 6) is 5.19. The number of anilines is 1. The summed E-state index contributed by atoms with van der Waals surface area (Å²) < 4.78 is 20.2. The van der Waals surface area contributed by atoms with E-state index in [0.29, 0.717) is 12.1 Å². The van der Waals surface area contributed by atoms with E-state index in [1.807, 2.05) is 13.8 Å². The molecule has 0 saturated carbocycles. The number of amides is 3. The fourth-order valence-electron chi connectivity index (χ4n) is 3.80. The molecular formula is C27H33FN4O4. The number of rotatable bonds is 6. The number of likely N-dealkylation sites (N-methyl/N-ethyl adjacent to an activating group) is 1. The Bertz CT molecular complexity index is 1150. The lowest BCUT2D eigenvalue weighted by atomic mass is 10.00. The Morgan fingerprint density at radius 1 is 1.42 bits per heavy atom. The van der Waals surface area contributed by atoms with Crippen molar-refractivity contribution in [2.75, 3.05) is 32.1 Å². The van der Waals surface area contributed by atoms with Gasteiger partial charge in [0.1, 0.15) is 17.5 Å². The van der Waals surface area contributed by atoms with Crippen molar-refractivity contribution in [3.05, 3.63) is 53.5 Å². The fraction of sp³-hybridized carbons (Fsp3) is 0.444. The number of aliphatic hydroxyl groups is 1. The molecule has 36 heavy (non-hydrogen) atoms. The zero-order chi connectivity index (χ0) is 26.2. The van der Waals surface area contributed by atoms with Crippen molar-refractivity contribution >= 4 is 17.6 Å². The normalized spacial score (nSPS) is 18.1. The van der Waals surface area contributed by atoms with Gasteiger partial charge in [-0.3, -0.25) is 4.79 Å². The molecule has 8 nitrogen and oxygen atoms in total. The highest BCUT2D eigenvalue weighted by molar-refractivity contribution is 5.97. The molecule has 192 valence electrons. The number of aliphatic hydroxyl groups excluding tert-OH is 1. The molecule has 0 unspecified atom stereocenters. The Morgan fingerprint density at radius 3 is 2.86 bits per heavy atom. The number of halogens is 1. The first-order chi connectivity index (χ1) is 17.2. The van der Waals surface area contributed by atoms with Gasteiger partial charge >= 0.3 is 6.03 Å². The number of hydrogen-bond acceptors (Lipinski definition) is 5. The standard InChI is InChI=1S/C27H33FN4O4/c1-5-6-7-10-20-13-21-25(29-14-20)36-24(18(2)15-32(26(21)34)19(3)17-33)16-31(4)27(35)30-23-12-9-8-11-22(23)28/h8-9,11-14,18-19,24,33H,5-6,15-17H2,1-4H3,(H,30,35)/t18-,19-,24-/m1/s1. The number of nitrogens with zero attached hydrogens (tertiary/aromatic N) is 3. The maximum absolute atomic E-state index is 14.0. The van der Waals surface area contributed by atoms with E-state index in [4.69, 9.17) is 4.74 Å². The van der Waals surface area contributed by atoms with E-state index in [1.165, 1.54) is 17.0 Å². The van der Waals surface area contributed by atoms with Crippen molar-refractivity contribution in [1.82, 2.24) is 14.8 Å². The van der Waals surface area contributed by atoms with Gasteiger partial charge in [-0.1, -0.05) is 37.8 Å². The number of carbonyl (C=O) groups excluding carboxylic acids is 2. The molecule has 1 aromatic heterocycles. The number of aromatic nitrogens is 1. The minimum Gasteiger partial charge on any atom is -0.472 e. The van der Waals surface area contributed by atoms with Crippen molar-refractivity contribution in [3.8, 4) is 17.7 Å². The number of unbranched alkanes of at least 4 members (excludes halogenated alkanes) is 1. The number of ether oxygens (including phenoxy) is 1. The molecule has 1 aliphatic heterocycles. The van der Waals surface area contributed by atoms with E-state index in [1.54, 1.807) is 43.3 Å². The predicted octanol–water partition coefficient (Wildman–Crippen LogP) is 3.76. The third-order valence-corrected chi connectivity index (χ3v) is 6.04. The average Bonchev–Trinajstić information content (AvgIpc) is 2.87. The third-order valence-electron chi connectivity index (χ3n) is 6.04. The summed E-state index contributed by atoms with van der Waals surface area (Å²) in [6.45, 7) is 5.98. The number of carbonyl (C=O) groups is 2. The van der Waals surface area contributed by atoms with Crippen LogP contribution >= 0.6 is 0 Å². The van der Waals surface area contributed by atoms with Gasteiger partial charge in [0.2, 0.25) is 5.88 Å². The second kappa shape index (κ2) is 12.4. The summed E-state index contributed by atoms with van der Waals surface area (Å²) >= 11 is 0. The number of para-hydroxylation sites is 1. The topological polar surface area (TPSA) is 95.0 Å². The first-order valence-corrected chi connectivity index (χ1v) is 12.1. The molecule has 3 rings (SSSR count). The third kappa shape index (κ3) is 6.52.